The molecule has 4 aromatic heterocycles. The predicted molar refractivity (Wildman–Crippen MR) is 218 cm³/mol. The van der Waals surface area contributed by atoms with E-state index in [2.05, 4.69) is 155 Å². The van der Waals surface area contributed by atoms with Crippen LogP contribution in [0.25, 0.3) is 98.8 Å². The van der Waals surface area contributed by atoms with Crippen molar-refractivity contribution >= 4 is 65.2 Å². The molecule has 0 N–H and O–H groups in total. The molecule has 0 aliphatic rings. The lowest BCUT2D eigenvalue weighted by Gasteiger charge is -2.11. The second-order valence-corrected chi connectivity index (χ2v) is 14.1. The Labute approximate surface area is 307 Å². The molecule has 0 saturated carbocycles. The highest BCUT2D eigenvalue weighted by Gasteiger charge is 2.21. The molecule has 0 aliphatic heterocycles. The first-order valence-corrected chi connectivity index (χ1v) is 18.4. The van der Waals surface area contributed by atoms with Crippen LogP contribution in [0, 0.1) is 0 Å². The second kappa shape index (κ2) is 11.8. The molecule has 0 unspecified atom stereocenters. The summed E-state index contributed by atoms with van der Waals surface area (Å²) in [5.41, 5.74) is 9.29. The molecule has 0 spiro atoms. The van der Waals surface area contributed by atoms with Gasteiger partial charge in [-0.2, -0.15) is 0 Å². The van der Waals surface area contributed by atoms with E-state index in [0.29, 0.717) is 17.5 Å². The van der Waals surface area contributed by atoms with E-state index in [-0.39, 0.29) is 0 Å². The van der Waals surface area contributed by atoms with Crippen molar-refractivity contribution in [1.29, 1.82) is 0 Å². The van der Waals surface area contributed by atoms with Crippen LogP contribution in [-0.4, -0.2) is 29.1 Å². The molecule has 0 radical (unpaired) electrons. The van der Waals surface area contributed by atoms with Gasteiger partial charge in [0, 0.05) is 43.9 Å². The van der Waals surface area contributed by atoms with Gasteiger partial charge < -0.3 is 4.57 Å². The van der Waals surface area contributed by atoms with E-state index in [1.165, 1.54) is 10.8 Å². The van der Waals surface area contributed by atoms with Crippen molar-refractivity contribution < 1.29 is 0 Å². The fraction of sp³-hybridized carbons (Fsp3) is 0. The van der Waals surface area contributed by atoms with E-state index in [4.69, 9.17) is 19.9 Å². The molecule has 248 valence electrons. The van der Waals surface area contributed by atoms with Crippen LogP contribution in [0.3, 0.4) is 0 Å². The summed E-state index contributed by atoms with van der Waals surface area (Å²) >= 11 is 1.70. The first-order chi connectivity index (χ1) is 26.3. The summed E-state index contributed by atoms with van der Waals surface area (Å²) in [4.78, 5) is 20.7. The number of para-hydroxylation sites is 4. The zero-order valence-corrected chi connectivity index (χ0v) is 29.1. The van der Waals surface area contributed by atoms with E-state index in [0.717, 1.165) is 70.6 Å². The van der Waals surface area contributed by atoms with Gasteiger partial charge in [-0.1, -0.05) is 133 Å². The number of hydrogen-bond acceptors (Lipinski definition) is 5. The number of hydrogen-bond donors (Lipinski definition) is 0. The number of nitrogens with zero attached hydrogens (tertiary/aromatic N) is 6. The van der Waals surface area contributed by atoms with Crippen molar-refractivity contribution in [1.82, 2.24) is 29.1 Å². The van der Waals surface area contributed by atoms with Crippen LogP contribution >= 0.6 is 11.3 Å². The Balaban J connectivity index is 1.17. The second-order valence-electron chi connectivity index (χ2n) is 13.1. The van der Waals surface area contributed by atoms with Gasteiger partial charge in [0.25, 0.3) is 0 Å². The first kappa shape index (κ1) is 29.7. The minimum atomic E-state index is 0.618. The Kier molecular flexibility index (Phi) is 6.62. The highest BCUT2D eigenvalue weighted by molar-refractivity contribution is 7.20. The fourth-order valence-corrected chi connectivity index (χ4v) is 8.67. The van der Waals surface area contributed by atoms with Crippen molar-refractivity contribution in [2.75, 3.05) is 0 Å². The van der Waals surface area contributed by atoms with Gasteiger partial charge in [0.05, 0.1) is 32.3 Å². The van der Waals surface area contributed by atoms with Gasteiger partial charge in [-0.15, -0.1) is 0 Å². The SMILES string of the molecule is c1ccc(-c2nc(-c3ccc4c5ccccc5n(-c5ccccc5)c4c3)nc(-c3cccc4c3c3ccccc3n4-c3nc4ccccc4s3)n2)cc1. The van der Waals surface area contributed by atoms with Crippen LogP contribution in [0.1, 0.15) is 0 Å². The smallest absolute Gasteiger partial charge is 0.195 e. The first-order valence-electron chi connectivity index (χ1n) is 17.6. The lowest BCUT2D eigenvalue weighted by atomic mass is 10.1. The molecule has 0 saturated heterocycles. The Morgan fingerprint density at radius 3 is 1.83 bits per heavy atom. The van der Waals surface area contributed by atoms with Crippen molar-refractivity contribution in [2.45, 2.75) is 0 Å². The summed E-state index contributed by atoms with van der Waals surface area (Å²) in [5, 5.41) is 5.51. The highest BCUT2D eigenvalue weighted by Crippen LogP contribution is 2.40. The maximum absolute atomic E-state index is 5.28. The number of thiazole rings is 1. The molecule has 7 aromatic carbocycles. The highest BCUT2D eigenvalue weighted by atomic mass is 32.1. The monoisotopic (exact) mass is 696 g/mol. The molecule has 0 atom stereocenters. The molecule has 11 aromatic rings. The molecule has 0 amide bonds. The molecule has 0 bridgehead atoms. The van der Waals surface area contributed by atoms with E-state index in [9.17, 15) is 0 Å². The molecule has 4 heterocycles. The molecular weight excluding hydrogens is 669 g/mol. The minimum Gasteiger partial charge on any atom is -0.309 e. The van der Waals surface area contributed by atoms with Gasteiger partial charge >= 0.3 is 0 Å². The van der Waals surface area contributed by atoms with E-state index >= 15 is 0 Å². The normalized spacial score (nSPS) is 11.8. The zero-order chi connectivity index (χ0) is 34.9. The number of rotatable bonds is 5. The van der Waals surface area contributed by atoms with E-state index in [1.54, 1.807) is 11.3 Å². The van der Waals surface area contributed by atoms with Crippen molar-refractivity contribution in [3.05, 3.63) is 170 Å². The Morgan fingerprint density at radius 2 is 1.02 bits per heavy atom. The Bertz CT molecular complexity index is 3140. The van der Waals surface area contributed by atoms with Crippen LogP contribution in [0.15, 0.2) is 170 Å². The van der Waals surface area contributed by atoms with Crippen molar-refractivity contribution in [3.8, 4) is 45.0 Å². The van der Waals surface area contributed by atoms with Gasteiger partial charge in [0.1, 0.15) is 0 Å². The van der Waals surface area contributed by atoms with Crippen molar-refractivity contribution in [2.24, 2.45) is 0 Å². The quantitative estimate of drug-likeness (QED) is 0.180. The molecule has 11 rings (SSSR count). The Morgan fingerprint density at radius 1 is 0.396 bits per heavy atom. The van der Waals surface area contributed by atoms with Crippen LogP contribution in [0.2, 0.25) is 0 Å². The third-order valence-electron chi connectivity index (χ3n) is 10.0. The van der Waals surface area contributed by atoms with Crippen LogP contribution in [0.5, 0.6) is 0 Å². The third kappa shape index (κ3) is 4.71. The molecule has 6 nitrogen and oxygen atoms in total. The lowest BCUT2D eigenvalue weighted by molar-refractivity contribution is 1.08. The Hall–Kier alpha value is -6.96. The zero-order valence-electron chi connectivity index (χ0n) is 28.3. The molecule has 0 fully saturated rings. The number of benzene rings is 7. The lowest BCUT2D eigenvalue weighted by Crippen LogP contribution is -2.01. The minimum absolute atomic E-state index is 0.618. The third-order valence-corrected chi connectivity index (χ3v) is 11.0. The van der Waals surface area contributed by atoms with Crippen molar-refractivity contribution in [3.63, 3.8) is 0 Å². The summed E-state index contributed by atoms with van der Waals surface area (Å²) in [6.07, 6.45) is 0. The predicted octanol–water partition coefficient (Wildman–Crippen LogP) is 11.7. The van der Waals surface area contributed by atoms with Gasteiger partial charge in [-0.3, -0.25) is 4.57 Å². The maximum atomic E-state index is 5.28. The van der Waals surface area contributed by atoms with Gasteiger partial charge in [0.15, 0.2) is 22.6 Å². The number of fused-ring (bicyclic) bond motifs is 7. The molecule has 53 heavy (non-hydrogen) atoms. The number of aromatic nitrogens is 6. The van der Waals surface area contributed by atoms with Gasteiger partial charge in [0.2, 0.25) is 0 Å². The summed E-state index contributed by atoms with van der Waals surface area (Å²) in [5.74, 6) is 1.86. The van der Waals surface area contributed by atoms with E-state index in [1.807, 2.05) is 24.3 Å². The molecule has 7 heteroatoms. The molecular formula is C46H28N6S. The largest absolute Gasteiger partial charge is 0.309 e. The van der Waals surface area contributed by atoms with Gasteiger partial charge in [-0.25, -0.2) is 19.9 Å². The van der Waals surface area contributed by atoms with Crippen LogP contribution in [0.4, 0.5) is 0 Å². The average Bonchev–Trinajstić information content (AvgIpc) is 3.91. The summed E-state index contributed by atoms with van der Waals surface area (Å²) in [6.45, 7) is 0. The summed E-state index contributed by atoms with van der Waals surface area (Å²) < 4.78 is 5.75. The topological polar surface area (TPSA) is 61.4 Å². The summed E-state index contributed by atoms with van der Waals surface area (Å²) in [7, 11) is 0. The van der Waals surface area contributed by atoms with Crippen LogP contribution in [-0.2, 0) is 0 Å². The maximum Gasteiger partial charge on any atom is 0.195 e. The summed E-state index contributed by atoms with van der Waals surface area (Å²) in [6, 6.07) is 59.0. The molecule has 0 aliphatic carbocycles. The van der Waals surface area contributed by atoms with E-state index < -0.39 is 0 Å². The van der Waals surface area contributed by atoms with Crippen LogP contribution < -0.4 is 0 Å². The fourth-order valence-electron chi connectivity index (χ4n) is 7.67. The standard InChI is InChI=1S/C46H28N6S/c1-3-14-29(15-4-1)43-48-44(30-26-27-33-32-18-7-10-22-37(32)51(40(33)28-30)31-16-5-2-6-17-31)50-45(49-43)35-20-13-24-39-42(35)34-19-8-11-23-38(34)52(39)46-47-36-21-9-12-25-41(36)53-46/h1-28H. The average molecular weight is 697 g/mol. The van der Waals surface area contributed by atoms with Gasteiger partial charge in [-0.05, 0) is 48.5 Å².